The van der Waals surface area contributed by atoms with Gasteiger partial charge in [0.1, 0.15) is 18.6 Å². The molecule has 126 valence electrons. The molecule has 0 amide bonds. The van der Waals surface area contributed by atoms with Crippen LogP contribution in [0.3, 0.4) is 0 Å². The predicted molar refractivity (Wildman–Crippen MR) is 98.6 cm³/mol. The van der Waals surface area contributed by atoms with Crippen molar-refractivity contribution in [3.05, 3.63) is 86.5 Å². The summed E-state index contributed by atoms with van der Waals surface area (Å²) in [7, 11) is 0. The summed E-state index contributed by atoms with van der Waals surface area (Å²) in [5, 5.41) is 10.2. The molecule has 0 atom stereocenters. The number of nitrogens with one attached hydrogen (secondary N) is 1. The first kappa shape index (κ1) is 16.8. The highest BCUT2D eigenvalue weighted by atomic mass is 32.1. The predicted octanol–water partition coefficient (Wildman–Crippen LogP) is 3.07. The third kappa shape index (κ3) is 4.27. The maximum absolute atomic E-state index is 11.6. The van der Waals surface area contributed by atoms with Gasteiger partial charge in [0, 0.05) is 0 Å². The zero-order valence-electron chi connectivity index (χ0n) is 13.5. The molecule has 1 aromatic heterocycles. The van der Waals surface area contributed by atoms with Gasteiger partial charge in [-0.15, -0.1) is 0 Å². The van der Waals surface area contributed by atoms with Crippen molar-refractivity contribution in [1.29, 1.82) is 0 Å². The molecule has 1 heterocycles. The first-order valence-corrected chi connectivity index (χ1v) is 8.03. The Kier molecular flexibility index (Phi) is 5.15. The lowest BCUT2D eigenvalue weighted by Crippen LogP contribution is -2.18. The minimum Gasteiger partial charge on any atom is -0.489 e. The van der Waals surface area contributed by atoms with Crippen LogP contribution in [-0.4, -0.2) is 21.1 Å². The topological polar surface area (TPSA) is 72.3 Å². The maximum atomic E-state index is 11.6. The van der Waals surface area contributed by atoms with E-state index in [1.165, 1.54) is 5.56 Å². The lowest BCUT2D eigenvalue weighted by Gasteiger charge is -2.08. The van der Waals surface area contributed by atoms with E-state index in [9.17, 15) is 4.79 Å². The number of ether oxygens (including phenoxy) is 1. The molecule has 7 heteroatoms. The molecule has 3 aromatic rings. The number of hydrogen-bond donors (Lipinski definition) is 1. The largest absolute Gasteiger partial charge is 0.489 e. The Hall–Kier alpha value is -3.06. The molecule has 6 nitrogen and oxygen atoms in total. The fourth-order valence-corrected chi connectivity index (χ4v) is 2.35. The highest BCUT2D eigenvalue weighted by molar-refractivity contribution is 7.71. The molecule has 0 aliphatic rings. The second kappa shape index (κ2) is 7.67. The third-order valence-electron chi connectivity index (χ3n) is 3.59. The summed E-state index contributed by atoms with van der Waals surface area (Å²) >= 11 is 4.98. The van der Waals surface area contributed by atoms with Crippen LogP contribution in [0.25, 0.3) is 0 Å². The zero-order valence-corrected chi connectivity index (χ0v) is 14.4. The number of H-pyrrole nitrogens is 1. The molecule has 0 spiro atoms. The summed E-state index contributed by atoms with van der Waals surface area (Å²) in [6, 6.07) is 15.5. The second-order valence-corrected chi connectivity index (χ2v) is 5.74. The van der Waals surface area contributed by atoms with Crippen molar-refractivity contribution in [2.45, 2.75) is 13.5 Å². The molecule has 3 rings (SSSR count). The number of aromatic amines is 1. The van der Waals surface area contributed by atoms with E-state index in [0.717, 1.165) is 27.7 Å². The Morgan fingerprint density at radius 3 is 2.72 bits per heavy atom. The van der Waals surface area contributed by atoms with Crippen LogP contribution in [0.4, 0.5) is 0 Å². The fourth-order valence-electron chi connectivity index (χ4n) is 2.16. The standard InChI is InChI=1S/C18H16N4O2S/c1-13-4-2-3-5-15(13)12-24-16-8-6-14(7-9-16)10-20-22-17(23)11-19-21-18(22)25/h2-11H,12H2,1H3,(H,21,25)/b20-10+. The van der Waals surface area contributed by atoms with Crippen molar-refractivity contribution in [2.75, 3.05) is 0 Å². The third-order valence-corrected chi connectivity index (χ3v) is 3.86. The number of benzene rings is 2. The van der Waals surface area contributed by atoms with Crippen molar-refractivity contribution >= 4 is 18.4 Å². The lowest BCUT2D eigenvalue weighted by atomic mass is 10.1. The Labute approximate surface area is 149 Å². The van der Waals surface area contributed by atoms with Gasteiger partial charge in [0.25, 0.3) is 5.56 Å². The quantitative estimate of drug-likeness (QED) is 0.566. The van der Waals surface area contributed by atoms with E-state index < -0.39 is 5.56 Å². The summed E-state index contributed by atoms with van der Waals surface area (Å²) in [6.07, 6.45) is 2.67. The molecule has 1 N–H and O–H groups in total. The van der Waals surface area contributed by atoms with Crippen molar-refractivity contribution in [3.63, 3.8) is 0 Å². The van der Waals surface area contributed by atoms with Crippen LogP contribution in [0, 0.1) is 11.7 Å². The van der Waals surface area contributed by atoms with Crippen LogP contribution in [0.1, 0.15) is 16.7 Å². The van der Waals surface area contributed by atoms with Gasteiger partial charge in [0.05, 0.1) is 6.21 Å². The molecular formula is C18H16N4O2S. The van der Waals surface area contributed by atoms with E-state index in [1.807, 2.05) is 42.5 Å². The van der Waals surface area contributed by atoms with Gasteiger partial charge in [-0.1, -0.05) is 24.3 Å². The highest BCUT2D eigenvalue weighted by Gasteiger charge is 1.99. The van der Waals surface area contributed by atoms with Crippen molar-refractivity contribution < 1.29 is 4.74 Å². The SMILES string of the molecule is Cc1ccccc1COc1ccc(/C=N/n2c(=O)cn[nH]c2=S)cc1. The van der Waals surface area contributed by atoms with E-state index in [2.05, 4.69) is 28.3 Å². The van der Waals surface area contributed by atoms with Crippen molar-refractivity contribution in [1.82, 2.24) is 14.9 Å². The first-order chi connectivity index (χ1) is 12.1. The minimum atomic E-state index is -0.391. The van der Waals surface area contributed by atoms with E-state index in [1.54, 1.807) is 6.21 Å². The molecule has 0 saturated carbocycles. The number of aryl methyl sites for hydroxylation is 1. The van der Waals surface area contributed by atoms with E-state index >= 15 is 0 Å². The van der Waals surface area contributed by atoms with Crippen LogP contribution in [0.2, 0.25) is 0 Å². The molecule has 0 fully saturated rings. The highest BCUT2D eigenvalue weighted by Crippen LogP contribution is 2.15. The molecule has 0 bridgehead atoms. The lowest BCUT2D eigenvalue weighted by molar-refractivity contribution is 0.305. The second-order valence-electron chi connectivity index (χ2n) is 5.35. The molecule has 0 aliphatic carbocycles. The average Bonchev–Trinajstić information content (AvgIpc) is 2.62. The minimum absolute atomic E-state index is 0.141. The Morgan fingerprint density at radius 2 is 2.00 bits per heavy atom. The molecule has 25 heavy (non-hydrogen) atoms. The maximum Gasteiger partial charge on any atom is 0.293 e. The summed E-state index contributed by atoms with van der Waals surface area (Å²) in [5.41, 5.74) is 2.78. The first-order valence-electron chi connectivity index (χ1n) is 7.62. The average molecular weight is 352 g/mol. The molecule has 0 unspecified atom stereocenters. The van der Waals surface area contributed by atoms with Gasteiger partial charge < -0.3 is 4.74 Å². The zero-order chi connectivity index (χ0) is 17.6. The van der Waals surface area contributed by atoms with Crippen LogP contribution in [0.5, 0.6) is 5.75 Å². The Bertz CT molecular complexity index is 978. The Morgan fingerprint density at radius 1 is 1.24 bits per heavy atom. The number of nitrogens with zero attached hydrogens (tertiary/aromatic N) is 3. The van der Waals surface area contributed by atoms with Gasteiger partial charge >= 0.3 is 0 Å². The molecule has 0 saturated heterocycles. The normalized spacial score (nSPS) is 10.9. The molecular weight excluding hydrogens is 336 g/mol. The fraction of sp³-hybridized carbons (Fsp3) is 0.111. The molecule has 0 aliphatic heterocycles. The van der Waals surface area contributed by atoms with Crippen LogP contribution >= 0.6 is 12.2 Å². The van der Waals surface area contributed by atoms with Crippen molar-refractivity contribution in [2.24, 2.45) is 5.10 Å². The van der Waals surface area contributed by atoms with Gasteiger partial charge in [-0.05, 0) is 60.1 Å². The van der Waals surface area contributed by atoms with Gasteiger partial charge in [0.15, 0.2) is 0 Å². The van der Waals surface area contributed by atoms with Crippen LogP contribution in [0.15, 0.2) is 64.6 Å². The van der Waals surface area contributed by atoms with E-state index in [-0.39, 0.29) is 4.77 Å². The summed E-state index contributed by atoms with van der Waals surface area (Å²) in [5.74, 6) is 0.763. The monoisotopic (exact) mass is 352 g/mol. The smallest absolute Gasteiger partial charge is 0.293 e. The number of aromatic nitrogens is 3. The number of rotatable bonds is 5. The van der Waals surface area contributed by atoms with Crippen molar-refractivity contribution in [3.8, 4) is 5.75 Å². The van der Waals surface area contributed by atoms with Crippen LogP contribution in [-0.2, 0) is 6.61 Å². The summed E-state index contributed by atoms with van der Waals surface area (Å²) in [4.78, 5) is 11.6. The van der Waals surface area contributed by atoms with E-state index in [4.69, 9.17) is 17.0 Å². The van der Waals surface area contributed by atoms with Gasteiger partial charge in [-0.2, -0.15) is 14.9 Å². The number of hydrogen-bond acceptors (Lipinski definition) is 5. The van der Waals surface area contributed by atoms with E-state index in [0.29, 0.717) is 6.61 Å². The van der Waals surface area contributed by atoms with Gasteiger partial charge in [-0.25, -0.2) is 0 Å². The summed E-state index contributed by atoms with van der Waals surface area (Å²) in [6.45, 7) is 2.58. The van der Waals surface area contributed by atoms with Gasteiger partial charge in [-0.3, -0.25) is 9.89 Å². The summed E-state index contributed by atoms with van der Waals surface area (Å²) < 4.78 is 7.01. The van der Waals surface area contributed by atoms with Crippen LogP contribution < -0.4 is 10.3 Å². The Balaban J connectivity index is 1.68. The molecule has 2 aromatic carbocycles. The molecule has 0 radical (unpaired) electrons. The van der Waals surface area contributed by atoms with Gasteiger partial charge in [0.2, 0.25) is 4.77 Å².